The lowest BCUT2D eigenvalue weighted by Gasteiger charge is -2.18. The minimum atomic E-state index is -1.65. The Morgan fingerprint density at radius 3 is 2.73 bits per heavy atom. The van der Waals surface area contributed by atoms with Crippen molar-refractivity contribution in [3.05, 3.63) is 28.2 Å². The lowest BCUT2D eigenvalue weighted by atomic mass is 10.1. The predicted octanol–water partition coefficient (Wildman–Crippen LogP) is 3.54. The second-order valence-electron chi connectivity index (χ2n) is 5.73. The van der Waals surface area contributed by atoms with Gasteiger partial charge in [0.05, 0.1) is 0 Å². The van der Waals surface area contributed by atoms with Gasteiger partial charge in [-0.25, -0.2) is 4.39 Å². The first kappa shape index (κ1) is 16.6. The van der Waals surface area contributed by atoms with Crippen molar-refractivity contribution in [3.8, 4) is 0 Å². The summed E-state index contributed by atoms with van der Waals surface area (Å²) in [6.07, 6.45) is 2.86. The number of rotatable bonds is 7. The number of thiophene rings is 1. The summed E-state index contributed by atoms with van der Waals surface area (Å²) < 4.78 is 14.0. The molecule has 120 valence electrons. The fraction of sp³-hybridized carbons (Fsp3) is 0.533. The summed E-state index contributed by atoms with van der Waals surface area (Å²) in [6, 6.07) is 2.33. The van der Waals surface area contributed by atoms with Crippen LogP contribution in [0.2, 0.25) is 0 Å². The van der Waals surface area contributed by atoms with Crippen molar-refractivity contribution in [2.24, 2.45) is 0 Å². The van der Waals surface area contributed by atoms with E-state index in [4.69, 9.17) is 5.73 Å². The number of nitrogens with one attached hydrogen (secondary N) is 1. The van der Waals surface area contributed by atoms with E-state index in [2.05, 4.69) is 44.0 Å². The van der Waals surface area contributed by atoms with Crippen molar-refractivity contribution in [2.45, 2.75) is 51.7 Å². The van der Waals surface area contributed by atoms with Crippen LogP contribution >= 0.6 is 11.3 Å². The zero-order valence-corrected chi connectivity index (χ0v) is 14.0. The summed E-state index contributed by atoms with van der Waals surface area (Å²) in [5.74, 6) is 0.423. The highest BCUT2D eigenvalue weighted by atomic mass is 32.1. The van der Waals surface area contributed by atoms with Gasteiger partial charge in [0, 0.05) is 6.04 Å². The maximum Gasteiger partial charge on any atom is 0.228 e. The van der Waals surface area contributed by atoms with Gasteiger partial charge in [-0.05, 0) is 55.5 Å². The minimum absolute atomic E-state index is 0.0333. The molecule has 0 saturated carbocycles. The number of alkyl halides is 1. The number of nitrogens with two attached hydrogens (primary N) is 1. The van der Waals surface area contributed by atoms with Crippen LogP contribution in [-0.2, 0) is 12.1 Å². The van der Waals surface area contributed by atoms with E-state index < -0.39 is 5.67 Å². The van der Waals surface area contributed by atoms with Gasteiger partial charge in [0.25, 0.3) is 0 Å². The Bertz CT molecular complexity index is 594. The minimum Gasteiger partial charge on any atom is -0.368 e. The van der Waals surface area contributed by atoms with Crippen LogP contribution in [0.25, 0.3) is 0 Å². The van der Waals surface area contributed by atoms with Crippen LogP contribution in [0, 0.1) is 0 Å². The number of hydrogen-bond acceptors (Lipinski definition) is 6. The monoisotopic (exact) mass is 323 g/mol. The van der Waals surface area contributed by atoms with E-state index in [9.17, 15) is 4.39 Å². The van der Waals surface area contributed by atoms with Crippen LogP contribution in [0.3, 0.4) is 0 Å². The highest BCUT2D eigenvalue weighted by molar-refractivity contribution is 7.07. The Balaban J connectivity index is 2.05. The SMILES string of the molecule is CCC(CCc1ccsc1)Nc1nc(N)nc(C(C)(C)F)n1. The van der Waals surface area contributed by atoms with Crippen molar-refractivity contribution in [1.82, 2.24) is 15.0 Å². The molecule has 0 amide bonds. The molecule has 22 heavy (non-hydrogen) atoms. The zero-order valence-electron chi connectivity index (χ0n) is 13.1. The average Bonchev–Trinajstić information content (AvgIpc) is 2.95. The number of nitrogen functional groups attached to an aromatic ring is 1. The zero-order chi connectivity index (χ0) is 16.2. The van der Waals surface area contributed by atoms with Gasteiger partial charge in [-0.3, -0.25) is 0 Å². The molecule has 0 spiro atoms. The van der Waals surface area contributed by atoms with Crippen LogP contribution in [-0.4, -0.2) is 21.0 Å². The van der Waals surface area contributed by atoms with E-state index in [0.29, 0.717) is 5.95 Å². The lowest BCUT2D eigenvalue weighted by molar-refractivity contribution is 0.206. The van der Waals surface area contributed by atoms with Crippen LogP contribution in [0.1, 0.15) is 45.0 Å². The molecule has 2 aromatic heterocycles. The number of aromatic nitrogens is 3. The number of halogens is 1. The summed E-state index contributed by atoms with van der Waals surface area (Å²) >= 11 is 1.70. The molecule has 1 atom stereocenters. The van der Waals surface area contributed by atoms with E-state index >= 15 is 0 Å². The quantitative estimate of drug-likeness (QED) is 0.815. The Morgan fingerprint density at radius 1 is 1.36 bits per heavy atom. The van der Waals surface area contributed by atoms with Crippen LogP contribution in [0.15, 0.2) is 16.8 Å². The molecule has 3 N–H and O–H groups in total. The van der Waals surface area contributed by atoms with E-state index in [1.165, 1.54) is 19.4 Å². The van der Waals surface area contributed by atoms with Crippen molar-refractivity contribution in [3.63, 3.8) is 0 Å². The number of anilines is 2. The Morgan fingerprint density at radius 2 is 2.14 bits per heavy atom. The Labute approximate surface area is 134 Å². The molecule has 0 aliphatic heterocycles. The molecular formula is C15H22FN5S. The Kier molecular flexibility index (Phi) is 5.28. The second-order valence-corrected chi connectivity index (χ2v) is 6.51. The first-order chi connectivity index (χ1) is 10.4. The van der Waals surface area contributed by atoms with Crippen molar-refractivity contribution in [1.29, 1.82) is 0 Å². The third kappa shape index (κ3) is 4.62. The van der Waals surface area contributed by atoms with E-state index in [-0.39, 0.29) is 17.8 Å². The summed E-state index contributed by atoms with van der Waals surface area (Å²) in [7, 11) is 0. The maximum absolute atomic E-state index is 14.0. The van der Waals surface area contributed by atoms with E-state index in [1.54, 1.807) is 11.3 Å². The molecule has 2 heterocycles. The molecule has 0 fully saturated rings. The predicted molar refractivity (Wildman–Crippen MR) is 88.7 cm³/mol. The molecular weight excluding hydrogens is 301 g/mol. The third-order valence-electron chi connectivity index (χ3n) is 3.37. The van der Waals surface area contributed by atoms with Gasteiger partial charge in [0.1, 0.15) is 0 Å². The topological polar surface area (TPSA) is 76.7 Å². The maximum atomic E-state index is 14.0. The highest BCUT2D eigenvalue weighted by Gasteiger charge is 2.24. The summed E-state index contributed by atoms with van der Waals surface area (Å²) in [5, 5.41) is 7.46. The molecule has 2 rings (SSSR count). The van der Waals surface area contributed by atoms with Crippen LogP contribution in [0.4, 0.5) is 16.3 Å². The summed E-state index contributed by atoms with van der Waals surface area (Å²) in [5.41, 5.74) is 5.33. The number of aryl methyl sites for hydroxylation is 1. The van der Waals surface area contributed by atoms with Gasteiger partial charge in [0.15, 0.2) is 11.5 Å². The van der Waals surface area contributed by atoms with Gasteiger partial charge in [0.2, 0.25) is 11.9 Å². The molecule has 7 heteroatoms. The van der Waals surface area contributed by atoms with Crippen molar-refractivity contribution in [2.75, 3.05) is 11.1 Å². The number of hydrogen-bond donors (Lipinski definition) is 2. The summed E-state index contributed by atoms with van der Waals surface area (Å²) in [4.78, 5) is 12.1. The molecule has 2 aromatic rings. The fourth-order valence-corrected chi connectivity index (χ4v) is 2.76. The molecule has 0 saturated heterocycles. The lowest BCUT2D eigenvalue weighted by Crippen LogP contribution is -2.24. The van der Waals surface area contributed by atoms with Crippen LogP contribution < -0.4 is 11.1 Å². The molecule has 0 bridgehead atoms. The van der Waals surface area contributed by atoms with Gasteiger partial charge >= 0.3 is 0 Å². The van der Waals surface area contributed by atoms with Crippen molar-refractivity contribution >= 4 is 23.2 Å². The number of nitrogens with zero attached hydrogens (tertiary/aromatic N) is 3. The smallest absolute Gasteiger partial charge is 0.228 e. The first-order valence-corrected chi connectivity index (χ1v) is 8.31. The molecule has 0 radical (unpaired) electrons. The highest BCUT2D eigenvalue weighted by Crippen LogP contribution is 2.22. The first-order valence-electron chi connectivity index (χ1n) is 7.37. The van der Waals surface area contributed by atoms with Gasteiger partial charge < -0.3 is 11.1 Å². The largest absolute Gasteiger partial charge is 0.368 e. The molecule has 1 unspecified atom stereocenters. The molecule has 0 aliphatic rings. The van der Waals surface area contributed by atoms with Crippen LogP contribution in [0.5, 0.6) is 0 Å². The van der Waals surface area contributed by atoms with E-state index in [1.807, 2.05) is 0 Å². The van der Waals surface area contributed by atoms with Gasteiger partial charge in [-0.15, -0.1) is 0 Å². The second kappa shape index (κ2) is 7.00. The fourth-order valence-electron chi connectivity index (χ4n) is 2.06. The van der Waals surface area contributed by atoms with Gasteiger partial charge in [-0.1, -0.05) is 6.92 Å². The van der Waals surface area contributed by atoms with Crippen molar-refractivity contribution < 1.29 is 4.39 Å². The molecule has 0 aromatic carbocycles. The summed E-state index contributed by atoms with van der Waals surface area (Å²) in [6.45, 7) is 4.90. The van der Waals surface area contributed by atoms with E-state index in [0.717, 1.165) is 19.3 Å². The standard InChI is InChI=1S/C15H22FN5S/c1-4-11(6-5-10-7-8-22-9-10)18-14-20-12(15(2,3)16)19-13(17)21-14/h7-9,11H,4-6H2,1-3H3,(H3,17,18,19,20,21). The molecule has 0 aliphatic carbocycles. The third-order valence-corrected chi connectivity index (χ3v) is 4.10. The normalized spacial score (nSPS) is 13.1. The Hall–Kier alpha value is -1.76. The van der Waals surface area contributed by atoms with Gasteiger partial charge in [-0.2, -0.15) is 26.3 Å². The average molecular weight is 323 g/mol. The molecule has 5 nitrogen and oxygen atoms in total.